The lowest BCUT2D eigenvalue weighted by molar-refractivity contribution is -0.118. The summed E-state index contributed by atoms with van der Waals surface area (Å²) in [4.78, 5) is 12.5. The number of hydrogen-bond donors (Lipinski definition) is 2. The zero-order valence-electron chi connectivity index (χ0n) is 14.8. The first-order chi connectivity index (χ1) is 12.1. The standard InChI is InChI=1S/C20H24N2O3/c1-4-17(15-7-5-13(2)6-8-15)21-14(3)20(23)22-16-9-10-18-19(11-16)25-12-24-18/h5-11,14,17,21H,4,12H2,1-3H3,(H,22,23)/t14-,17+/m0/s1. The molecule has 132 valence electrons. The summed E-state index contributed by atoms with van der Waals surface area (Å²) in [5.41, 5.74) is 3.12. The van der Waals surface area contributed by atoms with Crippen molar-refractivity contribution in [2.24, 2.45) is 0 Å². The van der Waals surface area contributed by atoms with E-state index in [1.54, 1.807) is 12.1 Å². The van der Waals surface area contributed by atoms with Crippen LogP contribution in [0, 0.1) is 6.92 Å². The number of amides is 1. The van der Waals surface area contributed by atoms with Crippen LogP contribution >= 0.6 is 0 Å². The van der Waals surface area contributed by atoms with Crippen LogP contribution < -0.4 is 20.1 Å². The molecule has 1 heterocycles. The van der Waals surface area contributed by atoms with Gasteiger partial charge < -0.3 is 14.8 Å². The first-order valence-corrected chi connectivity index (χ1v) is 8.60. The van der Waals surface area contributed by atoms with Gasteiger partial charge in [0, 0.05) is 17.8 Å². The third-order valence-corrected chi connectivity index (χ3v) is 4.37. The van der Waals surface area contributed by atoms with E-state index in [0.29, 0.717) is 17.2 Å². The fourth-order valence-corrected chi connectivity index (χ4v) is 2.85. The zero-order chi connectivity index (χ0) is 17.8. The summed E-state index contributed by atoms with van der Waals surface area (Å²) in [5.74, 6) is 1.28. The van der Waals surface area contributed by atoms with Gasteiger partial charge in [-0.2, -0.15) is 0 Å². The second kappa shape index (κ2) is 7.57. The molecule has 0 saturated heterocycles. The molecule has 0 aromatic heterocycles. The lowest BCUT2D eigenvalue weighted by Crippen LogP contribution is -2.40. The van der Waals surface area contributed by atoms with Crippen molar-refractivity contribution in [1.29, 1.82) is 0 Å². The normalized spacial score (nSPS) is 14.8. The molecule has 0 radical (unpaired) electrons. The molecule has 2 aromatic carbocycles. The third kappa shape index (κ3) is 4.12. The number of carbonyl (C=O) groups excluding carboxylic acids is 1. The monoisotopic (exact) mass is 340 g/mol. The Morgan fingerprint density at radius 1 is 1.12 bits per heavy atom. The maximum absolute atomic E-state index is 12.5. The Kier molecular flexibility index (Phi) is 5.24. The Bertz CT molecular complexity index is 743. The number of hydrogen-bond acceptors (Lipinski definition) is 4. The van der Waals surface area contributed by atoms with Gasteiger partial charge in [0.1, 0.15) is 0 Å². The topological polar surface area (TPSA) is 59.6 Å². The van der Waals surface area contributed by atoms with Gasteiger partial charge in [-0.3, -0.25) is 10.1 Å². The van der Waals surface area contributed by atoms with Crippen molar-refractivity contribution in [3.05, 3.63) is 53.6 Å². The van der Waals surface area contributed by atoms with E-state index >= 15 is 0 Å². The van der Waals surface area contributed by atoms with Gasteiger partial charge in [0.25, 0.3) is 0 Å². The Morgan fingerprint density at radius 3 is 2.56 bits per heavy atom. The van der Waals surface area contributed by atoms with Crippen molar-refractivity contribution >= 4 is 11.6 Å². The molecule has 0 fully saturated rings. The number of benzene rings is 2. The highest BCUT2D eigenvalue weighted by Crippen LogP contribution is 2.34. The summed E-state index contributed by atoms with van der Waals surface area (Å²) in [6.07, 6.45) is 0.907. The number of fused-ring (bicyclic) bond motifs is 1. The summed E-state index contributed by atoms with van der Waals surface area (Å²) in [6.45, 7) is 6.28. The predicted molar refractivity (Wildman–Crippen MR) is 98.0 cm³/mol. The Balaban J connectivity index is 1.62. The molecule has 0 aliphatic carbocycles. The predicted octanol–water partition coefficient (Wildman–Crippen LogP) is 3.79. The third-order valence-electron chi connectivity index (χ3n) is 4.37. The quantitative estimate of drug-likeness (QED) is 0.840. The van der Waals surface area contributed by atoms with Gasteiger partial charge in [-0.25, -0.2) is 0 Å². The number of carbonyl (C=O) groups is 1. The molecular formula is C20H24N2O3. The molecule has 3 rings (SSSR count). The molecule has 5 heteroatoms. The van der Waals surface area contributed by atoms with E-state index in [4.69, 9.17) is 9.47 Å². The lowest BCUT2D eigenvalue weighted by atomic mass is 10.0. The highest BCUT2D eigenvalue weighted by atomic mass is 16.7. The maximum Gasteiger partial charge on any atom is 0.241 e. The summed E-state index contributed by atoms with van der Waals surface area (Å²) in [6, 6.07) is 13.6. The molecule has 1 aliphatic heterocycles. The molecule has 0 saturated carbocycles. The van der Waals surface area contributed by atoms with E-state index in [9.17, 15) is 4.79 Å². The van der Waals surface area contributed by atoms with Crippen molar-refractivity contribution in [2.75, 3.05) is 12.1 Å². The molecule has 2 aromatic rings. The minimum absolute atomic E-state index is 0.0792. The maximum atomic E-state index is 12.5. The van der Waals surface area contributed by atoms with Gasteiger partial charge in [-0.05, 0) is 38.0 Å². The van der Waals surface area contributed by atoms with Crippen LogP contribution in [0.15, 0.2) is 42.5 Å². The van der Waals surface area contributed by atoms with Crippen molar-refractivity contribution in [2.45, 2.75) is 39.3 Å². The summed E-state index contributed by atoms with van der Waals surface area (Å²) in [7, 11) is 0. The fourth-order valence-electron chi connectivity index (χ4n) is 2.85. The van der Waals surface area contributed by atoms with Gasteiger partial charge in [0.2, 0.25) is 12.7 Å². The molecule has 1 amide bonds. The van der Waals surface area contributed by atoms with Crippen LogP contribution in [0.3, 0.4) is 0 Å². The Hall–Kier alpha value is -2.53. The first kappa shape index (κ1) is 17.3. The Labute approximate surface area is 148 Å². The van der Waals surface area contributed by atoms with Crippen LogP contribution in [0.25, 0.3) is 0 Å². The minimum atomic E-state index is -0.323. The minimum Gasteiger partial charge on any atom is -0.454 e. The van der Waals surface area contributed by atoms with Crippen molar-refractivity contribution in [3.63, 3.8) is 0 Å². The average molecular weight is 340 g/mol. The number of nitrogens with one attached hydrogen (secondary N) is 2. The summed E-state index contributed by atoms with van der Waals surface area (Å²) >= 11 is 0. The average Bonchev–Trinajstić information content (AvgIpc) is 3.08. The van der Waals surface area contributed by atoms with E-state index in [0.717, 1.165) is 6.42 Å². The number of aryl methyl sites for hydroxylation is 1. The largest absolute Gasteiger partial charge is 0.454 e. The molecule has 5 nitrogen and oxygen atoms in total. The SMILES string of the molecule is CC[C@@H](N[C@@H](C)C(=O)Nc1ccc2c(c1)OCO2)c1ccc(C)cc1. The van der Waals surface area contributed by atoms with Crippen LogP contribution in [0.5, 0.6) is 11.5 Å². The number of anilines is 1. The molecule has 0 unspecified atom stereocenters. The molecular weight excluding hydrogens is 316 g/mol. The van der Waals surface area contributed by atoms with Crippen LogP contribution in [0.2, 0.25) is 0 Å². The second-order valence-electron chi connectivity index (χ2n) is 6.32. The highest BCUT2D eigenvalue weighted by molar-refractivity contribution is 5.94. The zero-order valence-corrected chi connectivity index (χ0v) is 14.8. The fraction of sp³-hybridized carbons (Fsp3) is 0.350. The first-order valence-electron chi connectivity index (χ1n) is 8.60. The number of ether oxygens (including phenoxy) is 2. The molecule has 0 spiro atoms. The molecule has 2 N–H and O–H groups in total. The molecule has 0 bridgehead atoms. The van der Waals surface area contributed by atoms with Crippen LogP contribution in [0.4, 0.5) is 5.69 Å². The molecule has 2 atom stereocenters. The van der Waals surface area contributed by atoms with Crippen LogP contribution in [-0.4, -0.2) is 18.7 Å². The summed E-state index contributed by atoms with van der Waals surface area (Å²) < 4.78 is 10.6. The van der Waals surface area contributed by atoms with Gasteiger partial charge >= 0.3 is 0 Å². The van der Waals surface area contributed by atoms with Crippen LogP contribution in [0.1, 0.15) is 37.4 Å². The van der Waals surface area contributed by atoms with E-state index in [-0.39, 0.29) is 24.8 Å². The van der Waals surface area contributed by atoms with Gasteiger partial charge in [-0.1, -0.05) is 36.8 Å². The lowest BCUT2D eigenvalue weighted by Gasteiger charge is -2.22. The van der Waals surface area contributed by atoms with Crippen molar-refractivity contribution in [1.82, 2.24) is 5.32 Å². The number of rotatable bonds is 6. The second-order valence-corrected chi connectivity index (χ2v) is 6.32. The summed E-state index contributed by atoms with van der Waals surface area (Å²) in [5, 5.41) is 6.33. The van der Waals surface area contributed by atoms with Gasteiger partial charge in [0.05, 0.1) is 6.04 Å². The van der Waals surface area contributed by atoms with Gasteiger partial charge in [-0.15, -0.1) is 0 Å². The van der Waals surface area contributed by atoms with Crippen LogP contribution in [-0.2, 0) is 4.79 Å². The van der Waals surface area contributed by atoms with E-state index in [2.05, 4.69) is 48.7 Å². The van der Waals surface area contributed by atoms with Gasteiger partial charge in [0.15, 0.2) is 11.5 Å². The van der Waals surface area contributed by atoms with Crippen molar-refractivity contribution < 1.29 is 14.3 Å². The van der Waals surface area contributed by atoms with E-state index in [1.807, 2.05) is 13.0 Å². The molecule has 25 heavy (non-hydrogen) atoms. The molecule has 1 aliphatic rings. The van der Waals surface area contributed by atoms with E-state index in [1.165, 1.54) is 11.1 Å². The van der Waals surface area contributed by atoms with E-state index < -0.39 is 0 Å². The smallest absolute Gasteiger partial charge is 0.241 e. The highest BCUT2D eigenvalue weighted by Gasteiger charge is 2.19. The van der Waals surface area contributed by atoms with Crippen molar-refractivity contribution in [3.8, 4) is 11.5 Å². The Morgan fingerprint density at radius 2 is 1.84 bits per heavy atom.